The maximum absolute atomic E-state index is 11.5. The number of fused-ring (bicyclic) bond motifs is 1. The summed E-state index contributed by atoms with van der Waals surface area (Å²) in [6.07, 6.45) is 1.33. The molecule has 0 spiro atoms. The van der Waals surface area contributed by atoms with Crippen LogP contribution in [0.4, 0.5) is 0 Å². The van der Waals surface area contributed by atoms with E-state index in [1.165, 1.54) is 38.9 Å². The van der Waals surface area contributed by atoms with Gasteiger partial charge in [0, 0.05) is 42.4 Å². The minimum Gasteiger partial charge on any atom is -0.512 e. The number of ketones is 1. The van der Waals surface area contributed by atoms with Gasteiger partial charge < -0.3 is 5.11 Å². The molecule has 1 N–H and O–H groups in total. The molecule has 5 rings (SSSR count). The zero-order valence-corrected chi connectivity index (χ0v) is 31.9. The second-order valence-electron chi connectivity index (χ2n) is 14.6. The molecule has 0 aliphatic rings. The fourth-order valence-electron chi connectivity index (χ4n) is 4.88. The topological polar surface area (TPSA) is 50.2 Å². The second kappa shape index (κ2) is 14.9. The largest absolute Gasteiger partial charge is 0.512 e. The standard InChI is InChI=1S/C30H26NSi.C11H20O2.Ir/c1-32(2,3)29-20-19-28-26(30(29)23-13-8-5-9-14-23)17-18-27(31-28)25-16-10-15-24(21-25)22-11-6-4-7-12-22;1-10(2,3)8(12)7-9(13)11(4,5)6;/h4-15,17-21H,1-3H3;7,12H,1-6H3;/q-1;;/b;8-7-;. The molecule has 46 heavy (non-hydrogen) atoms. The van der Waals surface area contributed by atoms with Gasteiger partial charge in [-0.25, -0.2) is 0 Å². The Morgan fingerprint density at radius 2 is 1.33 bits per heavy atom. The van der Waals surface area contributed by atoms with Gasteiger partial charge in [0.25, 0.3) is 0 Å². The zero-order chi connectivity index (χ0) is 33.0. The van der Waals surface area contributed by atoms with E-state index >= 15 is 0 Å². The van der Waals surface area contributed by atoms with E-state index in [0.717, 1.165) is 16.8 Å². The van der Waals surface area contributed by atoms with Crippen LogP contribution in [-0.2, 0) is 24.9 Å². The summed E-state index contributed by atoms with van der Waals surface area (Å²) in [6, 6.07) is 39.7. The third kappa shape index (κ3) is 9.22. The van der Waals surface area contributed by atoms with Crippen molar-refractivity contribution in [2.45, 2.75) is 61.2 Å². The van der Waals surface area contributed by atoms with Gasteiger partial charge in [-0.15, -0.1) is 35.4 Å². The van der Waals surface area contributed by atoms with Crippen molar-refractivity contribution in [1.82, 2.24) is 4.98 Å². The number of aliphatic hydroxyl groups is 1. The molecular formula is C41H46IrNO2Si-. The van der Waals surface area contributed by atoms with Gasteiger partial charge in [-0.05, 0) is 28.5 Å². The molecule has 5 heteroatoms. The monoisotopic (exact) mass is 805 g/mol. The molecule has 0 aliphatic heterocycles. The van der Waals surface area contributed by atoms with Gasteiger partial charge in [0.05, 0.1) is 13.6 Å². The number of benzene rings is 4. The van der Waals surface area contributed by atoms with E-state index in [0.29, 0.717) is 0 Å². The van der Waals surface area contributed by atoms with Crippen LogP contribution < -0.4 is 5.19 Å². The molecule has 4 aromatic carbocycles. The molecule has 0 amide bonds. The summed E-state index contributed by atoms with van der Waals surface area (Å²) < 4.78 is 0. The number of hydrogen-bond acceptors (Lipinski definition) is 3. The van der Waals surface area contributed by atoms with E-state index in [1.54, 1.807) is 0 Å². The zero-order valence-electron chi connectivity index (χ0n) is 28.5. The van der Waals surface area contributed by atoms with Crippen LogP contribution in [0.25, 0.3) is 44.4 Å². The van der Waals surface area contributed by atoms with Crippen molar-refractivity contribution in [1.29, 1.82) is 0 Å². The predicted molar refractivity (Wildman–Crippen MR) is 194 cm³/mol. The number of allylic oxidation sites excluding steroid dienone is 2. The number of aromatic nitrogens is 1. The Hall–Kier alpha value is -3.63. The summed E-state index contributed by atoms with van der Waals surface area (Å²) in [6.45, 7) is 18.3. The molecule has 241 valence electrons. The van der Waals surface area contributed by atoms with E-state index in [1.807, 2.05) is 53.7 Å². The third-order valence-corrected chi connectivity index (χ3v) is 9.73. The van der Waals surface area contributed by atoms with Crippen molar-refractivity contribution in [2.24, 2.45) is 10.8 Å². The van der Waals surface area contributed by atoms with E-state index < -0.39 is 13.5 Å². The van der Waals surface area contributed by atoms with Gasteiger partial charge >= 0.3 is 0 Å². The van der Waals surface area contributed by atoms with Crippen LogP contribution in [0.3, 0.4) is 0 Å². The number of hydrogen-bond donors (Lipinski definition) is 1. The molecule has 0 fully saturated rings. The van der Waals surface area contributed by atoms with Crippen LogP contribution >= 0.6 is 0 Å². The molecule has 0 unspecified atom stereocenters. The smallest absolute Gasteiger partial charge is 0.164 e. The molecule has 5 aromatic rings. The summed E-state index contributed by atoms with van der Waals surface area (Å²) in [5.74, 6) is 0.104. The summed E-state index contributed by atoms with van der Waals surface area (Å²) in [5.41, 5.74) is 7.22. The predicted octanol–water partition coefficient (Wildman–Crippen LogP) is 10.7. The minimum atomic E-state index is -1.53. The molecular weight excluding hydrogens is 759 g/mol. The Bertz CT molecular complexity index is 1810. The van der Waals surface area contributed by atoms with Crippen molar-refractivity contribution in [2.75, 3.05) is 0 Å². The van der Waals surface area contributed by atoms with Crippen molar-refractivity contribution in [3.8, 4) is 33.5 Å². The Kier molecular flexibility index (Phi) is 11.9. The van der Waals surface area contributed by atoms with Crippen molar-refractivity contribution < 1.29 is 30.0 Å². The third-order valence-electron chi connectivity index (χ3n) is 7.70. The number of nitrogens with zero attached hydrogens (tertiary/aromatic N) is 1. The summed E-state index contributed by atoms with van der Waals surface area (Å²) in [4.78, 5) is 16.6. The van der Waals surface area contributed by atoms with Crippen molar-refractivity contribution in [3.05, 3.63) is 121 Å². The van der Waals surface area contributed by atoms with Gasteiger partial charge in [0.2, 0.25) is 0 Å². The molecule has 0 bridgehead atoms. The summed E-state index contributed by atoms with van der Waals surface area (Å²) in [5, 5.41) is 12.3. The van der Waals surface area contributed by atoms with Crippen molar-refractivity contribution >= 4 is 29.9 Å². The molecule has 0 atom stereocenters. The summed E-state index contributed by atoms with van der Waals surface area (Å²) >= 11 is 0. The van der Waals surface area contributed by atoms with Crippen LogP contribution in [0, 0.1) is 16.9 Å². The first kappa shape index (κ1) is 36.8. The van der Waals surface area contributed by atoms with Crippen LogP contribution in [-0.4, -0.2) is 23.9 Å². The van der Waals surface area contributed by atoms with Gasteiger partial charge in [0.15, 0.2) is 5.78 Å². The first-order valence-electron chi connectivity index (χ1n) is 15.6. The van der Waals surface area contributed by atoms with Crippen LogP contribution in [0.2, 0.25) is 19.6 Å². The number of rotatable bonds is 5. The maximum Gasteiger partial charge on any atom is 0.164 e. The first-order valence-corrected chi connectivity index (χ1v) is 19.1. The average molecular weight is 805 g/mol. The first-order chi connectivity index (χ1) is 21.1. The SMILES string of the molecule is CC(C)(C)C(=O)/C=C(\O)C(C)(C)C.C[Si](C)(C)c1ccc2nc(-c3[c-]ccc(-c4ccccc4)c3)ccc2c1-c1ccccc1.[Ir]. The van der Waals surface area contributed by atoms with E-state index in [4.69, 9.17) is 4.98 Å². The fourth-order valence-corrected chi connectivity index (χ4v) is 6.49. The van der Waals surface area contributed by atoms with E-state index in [9.17, 15) is 9.90 Å². The van der Waals surface area contributed by atoms with Crippen LogP contribution in [0.5, 0.6) is 0 Å². The molecule has 3 nitrogen and oxygen atoms in total. The van der Waals surface area contributed by atoms with Crippen LogP contribution in [0.1, 0.15) is 41.5 Å². The number of aliphatic hydroxyl groups excluding tert-OH is 1. The van der Waals surface area contributed by atoms with Gasteiger partial charge in [-0.1, -0.05) is 145 Å². The van der Waals surface area contributed by atoms with E-state index in [2.05, 4.69) is 117 Å². The summed E-state index contributed by atoms with van der Waals surface area (Å²) in [7, 11) is -1.53. The molecule has 0 aliphatic carbocycles. The minimum absolute atomic E-state index is 0. The molecule has 0 saturated heterocycles. The quantitative estimate of drug-likeness (QED) is 0.0833. The van der Waals surface area contributed by atoms with E-state index in [-0.39, 0.29) is 37.1 Å². The maximum atomic E-state index is 11.5. The second-order valence-corrected chi connectivity index (χ2v) is 19.7. The Balaban J connectivity index is 0.000000352. The number of carbonyl (C=O) groups excluding carboxylic acids is 1. The normalized spacial score (nSPS) is 12.2. The van der Waals surface area contributed by atoms with Gasteiger partial charge in [-0.3, -0.25) is 9.78 Å². The Morgan fingerprint density at radius 1 is 0.739 bits per heavy atom. The molecule has 0 saturated carbocycles. The fraction of sp³-hybridized carbons (Fsp3) is 0.268. The average Bonchev–Trinajstić information content (AvgIpc) is 3.00. The Labute approximate surface area is 290 Å². The Morgan fingerprint density at radius 3 is 1.87 bits per heavy atom. The molecule has 1 heterocycles. The number of carbonyl (C=O) groups is 1. The van der Waals surface area contributed by atoms with Crippen LogP contribution in [0.15, 0.2) is 115 Å². The van der Waals surface area contributed by atoms with Crippen molar-refractivity contribution in [3.63, 3.8) is 0 Å². The number of pyridine rings is 1. The molecule has 1 aromatic heterocycles. The van der Waals surface area contributed by atoms with Gasteiger partial charge in [-0.2, -0.15) is 0 Å². The van der Waals surface area contributed by atoms with Gasteiger partial charge in [0.1, 0.15) is 5.76 Å². The molecule has 1 radical (unpaired) electrons.